The Bertz CT molecular complexity index is 650. The zero-order chi connectivity index (χ0) is 14.0. The van der Waals surface area contributed by atoms with E-state index in [9.17, 15) is 0 Å². The normalized spacial score (nSPS) is 10.3. The minimum Gasteiger partial charge on any atom is -0.381 e. The van der Waals surface area contributed by atoms with E-state index in [0.29, 0.717) is 12.2 Å². The van der Waals surface area contributed by atoms with Gasteiger partial charge in [0.05, 0.1) is 0 Å². The Morgan fingerprint density at radius 2 is 2.11 bits per heavy atom. The van der Waals surface area contributed by atoms with E-state index in [2.05, 4.69) is 11.4 Å². The van der Waals surface area contributed by atoms with Gasteiger partial charge in [-0.15, -0.1) is 0 Å². The molecule has 0 saturated carbocycles. The molecule has 19 heavy (non-hydrogen) atoms. The second-order valence-electron chi connectivity index (χ2n) is 4.58. The van der Waals surface area contributed by atoms with Gasteiger partial charge in [0.2, 0.25) is 0 Å². The van der Waals surface area contributed by atoms with Gasteiger partial charge in [0.15, 0.2) is 0 Å². The molecule has 0 bridgehead atoms. The summed E-state index contributed by atoms with van der Waals surface area (Å²) in [7, 11) is 1.90. The quantitative estimate of drug-likeness (QED) is 0.925. The second kappa shape index (κ2) is 5.38. The monoisotopic (exact) mass is 273 g/mol. The lowest BCUT2D eigenvalue weighted by Gasteiger charge is -2.10. The van der Waals surface area contributed by atoms with E-state index in [0.717, 1.165) is 27.5 Å². The largest absolute Gasteiger partial charge is 0.381 e. The van der Waals surface area contributed by atoms with Crippen LogP contribution in [0.1, 0.15) is 22.5 Å². The standard InChI is InChI=1S/C15H16ClN3/c1-10-14(16)5-4-6-15(10)18-9-12-7-13(8-17)19(3)11(12)2/h4-7,18H,9H2,1-3H3. The number of benzene rings is 1. The first kappa shape index (κ1) is 13.5. The van der Waals surface area contributed by atoms with Crippen LogP contribution in [-0.2, 0) is 13.6 Å². The Kier molecular flexibility index (Phi) is 3.82. The molecule has 0 amide bonds. The number of hydrogen-bond donors (Lipinski definition) is 1. The minimum absolute atomic E-state index is 0.678. The Morgan fingerprint density at radius 1 is 1.37 bits per heavy atom. The molecule has 0 spiro atoms. The summed E-state index contributed by atoms with van der Waals surface area (Å²) in [5, 5.41) is 13.1. The number of hydrogen-bond acceptors (Lipinski definition) is 2. The van der Waals surface area contributed by atoms with Crippen molar-refractivity contribution < 1.29 is 0 Å². The smallest absolute Gasteiger partial charge is 0.120 e. The molecule has 0 saturated heterocycles. The summed E-state index contributed by atoms with van der Waals surface area (Å²) in [6.45, 7) is 4.69. The molecule has 0 aliphatic rings. The summed E-state index contributed by atoms with van der Waals surface area (Å²) in [6, 6.07) is 9.92. The van der Waals surface area contributed by atoms with Gasteiger partial charge in [0.1, 0.15) is 11.8 Å². The van der Waals surface area contributed by atoms with Crippen molar-refractivity contribution in [2.45, 2.75) is 20.4 Å². The van der Waals surface area contributed by atoms with Gasteiger partial charge in [0.25, 0.3) is 0 Å². The van der Waals surface area contributed by atoms with Gasteiger partial charge in [-0.3, -0.25) is 0 Å². The van der Waals surface area contributed by atoms with Crippen LogP contribution in [-0.4, -0.2) is 4.57 Å². The number of anilines is 1. The zero-order valence-corrected chi connectivity index (χ0v) is 12.0. The molecule has 1 aromatic heterocycles. The van der Waals surface area contributed by atoms with Gasteiger partial charge in [0, 0.05) is 30.0 Å². The molecule has 1 heterocycles. The van der Waals surface area contributed by atoms with Crippen LogP contribution >= 0.6 is 11.6 Å². The van der Waals surface area contributed by atoms with Crippen molar-refractivity contribution in [3.63, 3.8) is 0 Å². The van der Waals surface area contributed by atoms with Crippen molar-refractivity contribution in [2.24, 2.45) is 7.05 Å². The molecule has 2 aromatic rings. The molecule has 0 radical (unpaired) electrons. The van der Waals surface area contributed by atoms with Gasteiger partial charge in [-0.25, -0.2) is 0 Å². The molecule has 0 atom stereocenters. The predicted octanol–water partition coefficient (Wildman–Crippen LogP) is 3.78. The van der Waals surface area contributed by atoms with E-state index in [1.807, 2.05) is 49.7 Å². The maximum Gasteiger partial charge on any atom is 0.120 e. The second-order valence-corrected chi connectivity index (χ2v) is 4.98. The van der Waals surface area contributed by atoms with Gasteiger partial charge in [-0.2, -0.15) is 5.26 Å². The van der Waals surface area contributed by atoms with Crippen LogP contribution in [0.25, 0.3) is 0 Å². The lowest BCUT2D eigenvalue weighted by atomic mass is 10.2. The first-order valence-corrected chi connectivity index (χ1v) is 6.46. The van der Waals surface area contributed by atoms with E-state index in [-0.39, 0.29) is 0 Å². The maximum absolute atomic E-state index is 9.01. The average molecular weight is 274 g/mol. The maximum atomic E-state index is 9.01. The van der Waals surface area contributed by atoms with Crippen LogP contribution in [0.3, 0.4) is 0 Å². The fourth-order valence-electron chi connectivity index (χ4n) is 2.04. The number of rotatable bonds is 3. The molecule has 1 aromatic carbocycles. The molecule has 3 nitrogen and oxygen atoms in total. The lowest BCUT2D eigenvalue weighted by molar-refractivity contribution is 0.856. The third kappa shape index (κ3) is 2.59. The predicted molar refractivity (Wildman–Crippen MR) is 78.4 cm³/mol. The summed E-state index contributed by atoms with van der Waals surface area (Å²) in [6.07, 6.45) is 0. The molecule has 0 aliphatic heterocycles. The minimum atomic E-state index is 0.678. The molecule has 0 fully saturated rings. The summed E-state index contributed by atoms with van der Waals surface area (Å²) >= 11 is 6.09. The Labute approximate surface area is 118 Å². The van der Waals surface area contributed by atoms with E-state index in [4.69, 9.17) is 16.9 Å². The molecule has 0 aliphatic carbocycles. The van der Waals surface area contributed by atoms with Gasteiger partial charge >= 0.3 is 0 Å². The summed E-state index contributed by atoms with van der Waals surface area (Å²) in [4.78, 5) is 0. The Morgan fingerprint density at radius 3 is 2.74 bits per heavy atom. The van der Waals surface area contributed by atoms with Gasteiger partial charge in [-0.05, 0) is 43.2 Å². The van der Waals surface area contributed by atoms with Crippen LogP contribution in [0.5, 0.6) is 0 Å². The number of aromatic nitrogens is 1. The summed E-state index contributed by atoms with van der Waals surface area (Å²) < 4.78 is 1.90. The third-order valence-electron chi connectivity index (χ3n) is 3.49. The van der Waals surface area contributed by atoms with E-state index >= 15 is 0 Å². The first-order chi connectivity index (χ1) is 9.04. The number of nitrogens with one attached hydrogen (secondary N) is 1. The zero-order valence-electron chi connectivity index (χ0n) is 11.3. The third-order valence-corrected chi connectivity index (χ3v) is 3.90. The number of halogens is 1. The fourth-order valence-corrected chi connectivity index (χ4v) is 2.21. The Hall–Kier alpha value is -1.92. The van der Waals surface area contributed by atoms with Crippen molar-refractivity contribution >= 4 is 17.3 Å². The highest BCUT2D eigenvalue weighted by atomic mass is 35.5. The molecule has 2 rings (SSSR count). The van der Waals surface area contributed by atoms with Crippen LogP contribution in [0.15, 0.2) is 24.3 Å². The SMILES string of the molecule is Cc1c(Cl)cccc1NCc1cc(C#N)n(C)c1C. The van der Waals surface area contributed by atoms with Crippen LogP contribution in [0.4, 0.5) is 5.69 Å². The average Bonchev–Trinajstić information content (AvgIpc) is 2.68. The molecule has 4 heteroatoms. The molecular formula is C15H16ClN3. The van der Waals surface area contributed by atoms with Crippen molar-refractivity contribution in [3.8, 4) is 6.07 Å². The first-order valence-electron chi connectivity index (χ1n) is 6.09. The van der Waals surface area contributed by atoms with Crippen molar-refractivity contribution in [1.82, 2.24) is 4.57 Å². The lowest BCUT2D eigenvalue weighted by Crippen LogP contribution is -2.02. The van der Waals surface area contributed by atoms with Crippen molar-refractivity contribution in [1.29, 1.82) is 5.26 Å². The van der Waals surface area contributed by atoms with E-state index in [1.54, 1.807) is 0 Å². The summed E-state index contributed by atoms with van der Waals surface area (Å²) in [5.41, 5.74) is 4.96. The summed E-state index contributed by atoms with van der Waals surface area (Å²) in [5.74, 6) is 0. The fraction of sp³-hybridized carbons (Fsp3) is 0.267. The highest BCUT2D eigenvalue weighted by molar-refractivity contribution is 6.31. The molecule has 0 unspecified atom stereocenters. The van der Waals surface area contributed by atoms with Gasteiger partial charge < -0.3 is 9.88 Å². The highest BCUT2D eigenvalue weighted by Crippen LogP contribution is 2.24. The number of nitriles is 1. The molecular weight excluding hydrogens is 258 g/mol. The van der Waals surface area contributed by atoms with E-state index in [1.165, 1.54) is 0 Å². The number of nitrogens with zero attached hydrogens (tertiary/aromatic N) is 2. The van der Waals surface area contributed by atoms with Crippen molar-refractivity contribution in [2.75, 3.05) is 5.32 Å². The van der Waals surface area contributed by atoms with Crippen molar-refractivity contribution in [3.05, 3.63) is 51.8 Å². The van der Waals surface area contributed by atoms with E-state index < -0.39 is 0 Å². The van der Waals surface area contributed by atoms with Crippen LogP contribution in [0, 0.1) is 25.2 Å². The van der Waals surface area contributed by atoms with Gasteiger partial charge in [-0.1, -0.05) is 17.7 Å². The molecule has 98 valence electrons. The van der Waals surface area contributed by atoms with Crippen LogP contribution < -0.4 is 5.32 Å². The Balaban J connectivity index is 2.20. The van der Waals surface area contributed by atoms with Crippen LogP contribution in [0.2, 0.25) is 5.02 Å². The highest BCUT2D eigenvalue weighted by Gasteiger charge is 2.09. The topological polar surface area (TPSA) is 40.8 Å². The molecule has 1 N–H and O–H groups in total.